The molecule has 4 rings (SSSR count). The van der Waals surface area contributed by atoms with E-state index in [4.69, 9.17) is 0 Å². The first-order valence-corrected chi connectivity index (χ1v) is 12.9. The van der Waals surface area contributed by atoms with E-state index in [-0.39, 0.29) is 47.5 Å². The van der Waals surface area contributed by atoms with Crippen molar-refractivity contribution in [2.75, 3.05) is 0 Å². The van der Waals surface area contributed by atoms with Gasteiger partial charge in [-0.1, -0.05) is 46.0 Å². The van der Waals surface area contributed by atoms with Crippen molar-refractivity contribution in [2.24, 2.45) is 20.0 Å². The predicted octanol–water partition coefficient (Wildman–Crippen LogP) is 1.68. The van der Waals surface area contributed by atoms with E-state index in [1.165, 1.54) is 28.9 Å². The molecule has 2 aliphatic carbocycles. The maximum atomic E-state index is 13.9. The molecule has 2 aliphatic rings. The highest BCUT2D eigenvalue weighted by atomic mass is 16.2. The van der Waals surface area contributed by atoms with Gasteiger partial charge in [0.2, 0.25) is 11.8 Å². The van der Waals surface area contributed by atoms with Gasteiger partial charge in [-0.3, -0.25) is 23.5 Å². The number of imidazole rings is 1. The number of fused-ring (bicyclic) bond motifs is 1. The standard InChI is InChI=1S/C25H38N6O4/c1-16(2)20(23(33)27-17-10-6-5-7-11-17)31(18-12-8-9-13-18)19(32)14-30-15-26-22-21(30)24(34)29(4)25(35)28(22)3/h15-18,20H,5-14H2,1-4H3,(H,27,33). The monoisotopic (exact) mass is 486 g/mol. The zero-order valence-electron chi connectivity index (χ0n) is 21.3. The summed E-state index contributed by atoms with van der Waals surface area (Å²) >= 11 is 0. The molecule has 0 radical (unpaired) electrons. The van der Waals surface area contributed by atoms with Gasteiger partial charge in [-0.2, -0.15) is 0 Å². The van der Waals surface area contributed by atoms with Crippen LogP contribution in [0, 0.1) is 5.92 Å². The normalized spacial score (nSPS) is 18.3. The number of aryl methyl sites for hydroxylation is 1. The van der Waals surface area contributed by atoms with E-state index < -0.39 is 17.3 Å². The lowest BCUT2D eigenvalue weighted by atomic mass is 9.93. The summed E-state index contributed by atoms with van der Waals surface area (Å²) in [5.41, 5.74) is -0.502. The van der Waals surface area contributed by atoms with E-state index in [9.17, 15) is 19.2 Å². The van der Waals surface area contributed by atoms with E-state index in [0.29, 0.717) is 0 Å². The van der Waals surface area contributed by atoms with Gasteiger partial charge in [-0.25, -0.2) is 9.78 Å². The summed E-state index contributed by atoms with van der Waals surface area (Å²) in [6.07, 6.45) is 10.6. The molecule has 2 fully saturated rings. The molecule has 10 nitrogen and oxygen atoms in total. The van der Waals surface area contributed by atoms with E-state index in [1.54, 1.807) is 11.9 Å². The molecule has 2 heterocycles. The first-order chi connectivity index (χ1) is 16.7. The Hall–Kier alpha value is -2.91. The number of carbonyl (C=O) groups is 2. The van der Waals surface area contributed by atoms with Gasteiger partial charge in [0.15, 0.2) is 11.2 Å². The fourth-order valence-corrected chi connectivity index (χ4v) is 5.80. The lowest BCUT2D eigenvalue weighted by Gasteiger charge is -2.39. The molecule has 0 bridgehead atoms. The summed E-state index contributed by atoms with van der Waals surface area (Å²) in [5, 5.41) is 3.23. The van der Waals surface area contributed by atoms with Crippen LogP contribution < -0.4 is 16.6 Å². The van der Waals surface area contributed by atoms with Gasteiger partial charge in [-0.15, -0.1) is 0 Å². The molecule has 2 aromatic rings. The second kappa shape index (κ2) is 10.4. The third-order valence-corrected chi connectivity index (χ3v) is 7.68. The average Bonchev–Trinajstić information content (AvgIpc) is 3.50. The second-order valence-corrected chi connectivity index (χ2v) is 10.5. The van der Waals surface area contributed by atoms with Crippen molar-refractivity contribution in [3.05, 3.63) is 27.2 Å². The molecular formula is C25H38N6O4. The Morgan fingerprint density at radius 3 is 2.29 bits per heavy atom. The molecule has 10 heteroatoms. The fraction of sp³-hybridized carbons (Fsp3) is 0.720. The predicted molar refractivity (Wildman–Crippen MR) is 133 cm³/mol. The molecule has 1 atom stereocenters. The Bertz CT molecular complexity index is 1200. The van der Waals surface area contributed by atoms with E-state index in [2.05, 4.69) is 10.3 Å². The number of nitrogens with one attached hydrogen (secondary N) is 1. The van der Waals surface area contributed by atoms with E-state index in [1.807, 2.05) is 13.8 Å². The molecule has 35 heavy (non-hydrogen) atoms. The van der Waals surface area contributed by atoms with Crippen LogP contribution in [0.3, 0.4) is 0 Å². The van der Waals surface area contributed by atoms with Crippen LogP contribution in [-0.2, 0) is 30.2 Å². The Kier molecular flexibility index (Phi) is 7.47. The Morgan fingerprint density at radius 2 is 1.66 bits per heavy atom. The van der Waals surface area contributed by atoms with Gasteiger partial charge >= 0.3 is 5.69 Å². The second-order valence-electron chi connectivity index (χ2n) is 10.5. The van der Waals surface area contributed by atoms with Gasteiger partial charge in [0.25, 0.3) is 5.56 Å². The summed E-state index contributed by atoms with van der Waals surface area (Å²) in [6, 6.07) is -0.414. The number of nitrogens with zero attached hydrogens (tertiary/aromatic N) is 5. The van der Waals surface area contributed by atoms with Gasteiger partial charge in [0.05, 0.1) is 6.33 Å². The highest BCUT2D eigenvalue weighted by molar-refractivity contribution is 5.89. The molecule has 0 aromatic carbocycles. The van der Waals surface area contributed by atoms with Crippen LogP contribution in [-0.4, -0.2) is 53.5 Å². The smallest absolute Gasteiger partial charge is 0.332 e. The summed E-state index contributed by atoms with van der Waals surface area (Å²) in [4.78, 5) is 58.6. The Balaban J connectivity index is 1.66. The topological polar surface area (TPSA) is 111 Å². The van der Waals surface area contributed by atoms with Crippen LogP contribution in [0.2, 0.25) is 0 Å². The number of aromatic nitrogens is 4. The molecule has 1 unspecified atom stereocenters. The van der Waals surface area contributed by atoms with Crippen molar-refractivity contribution in [1.29, 1.82) is 0 Å². The van der Waals surface area contributed by atoms with Crippen LogP contribution >= 0.6 is 0 Å². The van der Waals surface area contributed by atoms with Crippen molar-refractivity contribution in [3.63, 3.8) is 0 Å². The highest BCUT2D eigenvalue weighted by Crippen LogP contribution is 2.29. The number of rotatable bonds is 7. The summed E-state index contributed by atoms with van der Waals surface area (Å²) < 4.78 is 3.84. The van der Waals surface area contributed by atoms with Gasteiger partial charge in [0.1, 0.15) is 12.6 Å². The lowest BCUT2D eigenvalue weighted by Crippen LogP contribution is -2.57. The quantitative estimate of drug-likeness (QED) is 0.640. The summed E-state index contributed by atoms with van der Waals surface area (Å²) in [5.74, 6) is -0.345. The van der Waals surface area contributed by atoms with Gasteiger partial charge in [0, 0.05) is 26.2 Å². The zero-order chi connectivity index (χ0) is 25.3. The minimum absolute atomic E-state index is 0.00557. The number of carbonyl (C=O) groups excluding carboxylic acids is 2. The molecular weight excluding hydrogens is 448 g/mol. The molecule has 0 saturated heterocycles. The molecule has 2 saturated carbocycles. The first-order valence-electron chi connectivity index (χ1n) is 12.9. The molecule has 2 amide bonds. The molecule has 192 valence electrons. The highest BCUT2D eigenvalue weighted by Gasteiger charge is 2.39. The van der Waals surface area contributed by atoms with Crippen molar-refractivity contribution in [1.82, 2.24) is 28.9 Å². The Morgan fingerprint density at radius 1 is 1.03 bits per heavy atom. The molecule has 0 aliphatic heterocycles. The largest absolute Gasteiger partial charge is 0.352 e. The summed E-state index contributed by atoms with van der Waals surface area (Å²) in [7, 11) is 2.97. The summed E-state index contributed by atoms with van der Waals surface area (Å²) in [6.45, 7) is 3.86. The van der Waals surface area contributed by atoms with Crippen LogP contribution in [0.15, 0.2) is 15.9 Å². The van der Waals surface area contributed by atoms with E-state index in [0.717, 1.165) is 55.9 Å². The van der Waals surface area contributed by atoms with Crippen LogP contribution in [0.1, 0.15) is 71.6 Å². The maximum Gasteiger partial charge on any atom is 0.332 e. The van der Waals surface area contributed by atoms with Crippen molar-refractivity contribution >= 4 is 23.0 Å². The van der Waals surface area contributed by atoms with Crippen LogP contribution in [0.4, 0.5) is 0 Å². The lowest BCUT2D eigenvalue weighted by molar-refractivity contribution is -0.146. The number of amides is 2. The minimum atomic E-state index is -0.575. The third-order valence-electron chi connectivity index (χ3n) is 7.68. The molecule has 2 aromatic heterocycles. The van der Waals surface area contributed by atoms with Crippen molar-refractivity contribution in [2.45, 2.75) is 96.3 Å². The van der Waals surface area contributed by atoms with Gasteiger partial charge < -0.3 is 14.8 Å². The first kappa shape index (κ1) is 25.2. The SMILES string of the molecule is CC(C)C(C(=O)NC1CCCCC1)N(C(=O)Cn1cnc2c1c(=O)n(C)c(=O)n2C)C1CCCC1. The van der Waals surface area contributed by atoms with Crippen molar-refractivity contribution < 1.29 is 9.59 Å². The van der Waals surface area contributed by atoms with Crippen LogP contribution in [0.5, 0.6) is 0 Å². The number of hydrogen-bond donors (Lipinski definition) is 1. The Labute approximate surface area is 205 Å². The maximum absolute atomic E-state index is 13.9. The fourth-order valence-electron chi connectivity index (χ4n) is 5.80. The third kappa shape index (κ3) is 4.92. The number of hydrogen-bond acceptors (Lipinski definition) is 5. The van der Waals surface area contributed by atoms with Crippen LogP contribution in [0.25, 0.3) is 11.2 Å². The average molecular weight is 487 g/mol. The zero-order valence-corrected chi connectivity index (χ0v) is 21.3. The molecule has 0 spiro atoms. The molecule has 1 N–H and O–H groups in total. The van der Waals surface area contributed by atoms with Gasteiger partial charge in [-0.05, 0) is 31.6 Å². The van der Waals surface area contributed by atoms with Crippen molar-refractivity contribution in [3.8, 4) is 0 Å². The minimum Gasteiger partial charge on any atom is -0.352 e. The van der Waals surface area contributed by atoms with E-state index >= 15 is 0 Å².